The second-order valence-electron chi connectivity index (χ2n) is 5.64. The second kappa shape index (κ2) is 8.44. The molecule has 1 heterocycles. The minimum atomic E-state index is -0.526. The highest BCUT2D eigenvalue weighted by Crippen LogP contribution is 2.37. The van der Waals surface area contributed by atoms with Crippen molar-refractivity contribution in [3.63, 3.8) is 0 Å². The maximum Gasteiger partial charge on any atom is 0.239 e. The lowest BCUT2D eigenvalue weighted by molar-refractivity contribution is -0.129. The molecular formula is C17H23N3O4. The maximum absolute atomic E-state index is 12.5. The van der Waals surface area contributed by atoms with Gasteiger partial charge in [-0.2, -0.15) is 0 Å². The molecule has 0 aromatic heterocycles. The Labute approximate surface area is 141 Å². The van der Waals surface area contributed by atoms with E-state index in [1.54, 1.807) is 12.0 Å². The van der Waals surface area contributed by atoms with Crippen molar-refractivity contribution in [3.8, 4) is 0 Å². The summed E-state index contributed by atoms with van der Waals surface area (Å²) in [5.74, 6) is -1.18. The van der Waals surface area contributed by atoms with Crippen LogP contribution in [0.15, 0.2) is 30.3 Å². The number of methoxy groups -OCH3 is 1. The third kappa shape index (κ3) is 4.11. The molecule has 7 heteroatoms. The van der Waals surface area contributed by atoms with Gasteiger partial charge in [-0.15, -0.1) is 0 Å². The van der Waals surface area contributed by atoms with Gasteiger partial charge < -0.3 is 20.3 Å². The van der Waals surface area contributed by atoms with Gasteiger partial charge >= 0.3 is 0 Å². The van der Waals surface area contributed by atoms with Gasteiger partial charge in [0.2, 0.25) is 17.7 Å². The molecule has 1 fully saturated rings. The van der Waals surface area contributed by atoms with Crippen molar-refractivity contribution in [2.24, 2.45) is 5.92 Å². The normalized spacial score (nSPS) is 20.1. The van der Waals surface area contributed by atoms with E-state index in [4.69, 9.17) is 4.74 Å². The van der Waals surface area contributed by atoms with Crippen LogP contribution in [0.25, 0.3) is 0 Å². The van der Waals surface area contributed by atoms with Crippen LogP contribution in [0.5, 0.6) is 0 Å². The van der Waals surface area contributed by atoms with Gasteiger partial charge in [0.1, 0.15) is 0 Å². The third-order valence-electron chi connectivity index (χ3n) is 4.15. The van der Waals surface area contributed by atoms with Gasteiger partial charge in [0, 0.05) is 27.1 Å². The van der Waals surface area contributed by atoms with Gasteiger partial charge in [0.25, 0.3) is 0 Å². The van der Waals surface area contributed by atoms with E-state index in [1.807, 2.05) is 30.3 Å². The second-order valence-corrected chi connectivity index (χ2v) is 5.64. The predicted molar refractivity (Wildman–Crippen MR) is 88.0 cm³/mol. The Morgan fingerprint density at radius 1 is 1.29 bits per heavy atom. The lowest BCUT2D eigenvalue weighted by Crippen LogP contribution is -2.40. The van der Waals surface area contributed by atoms with Crippen molar-refractivity contribution in [2.75, 3.05) is 33.9 Å². The summed E-state index contributed by atoms with van der Waals surface area (Å²) in [5.41, 5.74) is 0.902. The zero-order valence-electron chi connectivity index (χ0n) is 14.0. The minimum Gasteiger partial charge on any atom is -0.383 e. The number of benzene rings is 1. The zero-order chi connectivity index (χ0) is 17.5. The Morgan fingerprint density at radius 3 is 2.62 bits per heavy atom. The number of hydrogen-bond acceptors (Lipinski definition) is 4. The predicted octanol–water partition coefficient (Wildman–Crippen LogP) is 0.0848. The van der Waals surface area contributed by atoms with Crippen LogP contribution in [-0.2, 0) is 19.1 Å². The molecule has 1 saturated heterocycles. The lowest BCUT2D eigenvalue weighted by Gasteiger charge is -2.28. The molecule has 7 nitrogen and oxygen atoms in total. The molecule has 1 aromatic carbocycles. The van der Waals surface area contributed by atoms with Gasteiger partial charge in [0.05, 0.1) is 25.1 Å². The van der Waals surface area contributed by atoms with E-state index in [1.165, 1.54) is 7.05 Å². The summed E-state index contributed by atoms with van der Waals surface area (Å²) < 4.78 is 5.08. The number of hydrogen-bond donors (Lipinski definition) is 2. The van der Waals surface area contributed by atoms with Gasteiger partial charge in [-0.25, -0.2) is 0 Å². The maximum atomic E-state index is 12.5. The average Bonchev–Trinajstić information content (AvgIpc) is 2.94. The standard InChI is InChI=1S/C17H23N3O4/c1-18-14(21)11-19-17(23)13-10-15(22)20(8-9-24-2)16(13)12-6-4-3-5-7-12/h3-7,13,16H,8-11H2,1-2H3,(H,18,21)(H,19,23)/t13-,16+/m1/s1. The Hall–Kier alpha value is -2.41. The van der Waals surface area contributed by atoms with E-state index < -0.39 is 5.92 Å². The van der Waals surface area contributed by atoms with Gasteiger partial charge in [0.15, 0.2) is 0 Å². The van der Waals surface area contributed by atoms with E-state index >= 15 is 0 Å². The smallest absolute Gasteiger partial charge is 0.239 e. The molecule has 0 radical (unpaired) electrons. The monoisotopic (exact) mass is 333 g/mol. The molecule has 2 rings (SSSR count). The van der Waals surface area contributed by atoms with Crippen LogP contribution in [0.2, 0.25) is 0 Å². The van der Waals surface area contributed by atoms with Gasteiger partial charge in [-0.05, 0) is 5.56 Å². The Balaban J connectivity index is 2.20. The molecule has 24 heavy (non-hydrogen) atoms. The van der Waals surface area contributed by atoms with Crippen LogP contribution in [-0.4, -0.2) is 56.5 Å². The summed E-state index contributed by atoms with van der Waals surface area (Å²) in [4.78, 5) is 37.9. The molecule has 1 aromatic rings. The molecule has 0 unspecified atom stereocenters. The van der Waals surface area contributed by atoms with Crippen molar-refractivity contribution in [3.05, 3.63) is 35.9 Å². The molecule has 2 N–H and O–H groups in total. The SMILES string of the molecule is CNC(=O)CNC(=O)[C@@H]1CC(=O)N(CCOC)[C@H]1c1ccccc1. The summed E-state index contributed by atoms with van der Waals surface area (Å²) in [7, 11) is 3.08. The molecule has 0 spiro atoms. The summed E-state index contributed by atoms with van der Waals surface area (Å²) in [6.45, 7) is 0.732. The number of carbonyl (C=O) groups excluding carboxylic acids is 3. The summed E-state index contributed by atoms with van der Waals surface area (Å²) >= 11 is 0. The molecule has 3 amide bonds. The van der Waals surface area contributed by atoms with Crippen molar-refractivity contribution < 1.29 is 19.1 Å². The first-order valence-electron chi connectivity index (χ1n) is 7.90. The minimum absolute atomic E-state index is 0.0824. The van der Waals surface area contributed by atoms with Crippen molar-refractivity contribution in [1.29, 1.82) is 0 Å². The number of likely N-dealkylation sites (N-methyl/N-ethyl adjacent to an activating group) is 1. The fourth-order valence-corrected chi connectivity index (χ4v) is 2.93. The van der Waals surface area contributed by atoms with Crippen LogP contribution in [0.3, 0.4) is 0 Å². The molecule has 2 atom stereocenters. The number of carbonyl (C=O) groups is 3. The number of amides is 3. The van der Waals surface area contributed by atoms with E-state index in [0.29, 0.717) is 13.2 Å². The Kier molecular flexibility index (Phi) is 6.31. The van der Waals surface area contributed by atoms with Gasteiger partial charge in [-0.3, -0.25) is 14.4 Å². The van der Waals surface area contributed by atoms with E-state index in [2.05, 4.69) is 10.6 Å². The molecule has 1 aliphatic rings. The topological polar surface area (TPSA) is 87.7 Å². The third-order valence-corrected chi connectivity index (χ3v) is 4.15. The van der Waals surface area contributed by atoms with Crippen molar-refractivity contribution in [1.82, 2.24) is 15.5 Å². The zero-order valence-corrected chi connectivity index (χ0v) is 14.0. The van der Waals surface area contributed by atoms with Crippen molar-refractivity contribution >= 4 is 17.7 Å². The fourth-order valence-electron chi connectivity index (χ4n) is 2.93. The summed E-state index contributed by atoms with van der Waals surface area (Å²) in [5, 5.41) is 5.06. The first-order chi connectivity index (χ1) is 11.6. The highest BCUT2D eigenvalue weighted by Gasteiger charge is 2.44. The Morgan fingerprint density at radius 2 is 2.00 bits per heavy atom. The number of rotatable bonds is 7. The van der Waals surface area contributed by atoms with E-state index in [-0.39, 0.29) is 36.7 Å². The average molecular weight is 333 g/mol. The quantitative estimate of drug-likeness (QED) is 0.740. The van der Waals surface area contributed by atoms with Gasteiger partial charge in [-0.1, -0.05) is 30.3 Å². The van der Waals surface area contributed by atoms with Crippen molar-refractivity contribution in [2.45, 2.75) is 12.5 Å². The summed E-state index contributed by atoms with van der Waals surface area (Å²) in [6.07, 6.45) is 0.128. The molecule has 0 bridgehead atoms. The van der Waals surface area contributed by atoms with Crippen LogP contribution in [0.4, 0.5) is 0 Å². The highest BCUT2D eigenvalue weighted by atomic mass is 16.5. The highest BCUT2D eigenvalue weighted by molar-refractivity contribution is 5.92. The summed E-state index contributed by atoms with van der Waals surface area (Å²) in [6, 6.07) is 9.11. The van der Waals surface area contributed by atoms with Crippen LogP contribution in [0.1, 0.15) is 18.0 Å². The van der Waals surface area contributed by atoms with Crippen LogP contribution in [0, 0.1) is 5.92 Å². The number of nitrogens with one attached hydrogen (secondary N) is 2. The lowest BCUT2D eigenvalue weighted by atomic mass is 9.93. The molecule has 1 aliphatic heterocycles. The van der Waals surface area contributed by atoms with Crippen LogP contribution >= 0.6 is 0 Å². The molecular weight excluding hydrogens is 310 g/mol. The first-order valence-corrected chi connectivity index (χ1v) is 7.90. The van der Waals surface area contributed by atoms with E-state index in [0.717, 1.165) is 5.56 Å². The number of likely N-dealkylation sites (tertiary alicyclic amines) is 1. The largest absolute Gasteiger partial charge is 0.383 e. The van der Waals surface area contributed by atoms with E-state index in [9.17, 15) is 14.4 Å². The van der Waals surface area contributed by atoms with Crippen LogP contribution < -0.4 is 10.6 Å². The number of nitrogens with zero attached hydrogens (tertiary/aromatic N) is 1. The molecule has 130 valence electrons. The molecule has 0 aliphatic carbocycles. The number of ether oxygens (including phenoxy) is 1. The Bertz CT molecular complexity index is 591. The first kappa shape index (κ1) is 17.9. The molecule has 0 saturated carbocycles. The fraction of sp³-hybridized carbons (Fsp3) is 0.471.